The summed E-state index contributed by atoms with van der Waals surface area (Å²) in [6, 6.07) is 3.92. The normalized spacial score (nSPS) is 11.4. The highest BCUT2D eigenvalue weighted by Gasteiger charge is 2.10. The third kappa shape index (κ3) is 1.77. The maximum absolute atomic E-state index is 12.9. The summed E-state index contributed by atoms with van der Waals surface area (Å²) in [5.41, 5.74) is 0.528. The Morgan fingerprint density at radius 3 is 2.94 bits per heavy atom. The minimum Gasteiger partial charge on any atom is -0.493 e. The molecule has 82 valence electrons. The van der Waals surface area contributed by atoms with E-state index in [1.165, 1.54) is 25.1 Å². The van der Waals surface area contributed by atoms with E-state index in [9.17, 15) is 14.3 Å². The van der Waals surface area contributed by atoms with Gasteiger partial charge in [-0.05, 0) is 18.2 Å². The standard InChI is InChI=1S/C10H8FN3O2/c1-5(15)13-14-9-7-3-2-6(11)4-8(7)12-10(9)16/h2-4,12,16H,1H3. The Morgan fingerprint density at radius 1 is 1.50 bits per heavy atom. The Labute approximate surface area is 89.6 Å². The molecule has 1 amide bonds. The molecule has 2 rings (SSSR count). The number of nitrogens with zero attached hydrogens (tertiary/aromatic N) is 2. The number of fused-ring (bicyclic) bond motifs is 1. The Hall–Kier alpha value is -2.24. The average molecular weight is 221 g/mol. The zero-order chi connectivity index (χ0) is 11.7. The number of aromatic nitrogens is 1. The number of benzene rings is 1. The summed E-state index contributed by atoms with van der Waals surface area (Å²) in [5, 5.41) is 16.9. The predicted molar refractivity (Wildman–Crippen MR) is 55.1 cm³/mol. The second kappa shape index (κ2) is 3.73. The van der Waals surface area contributed by atoms with Crippen molar-refractivity contribution in [2.24, 2.45) is 10.2 Å². The molecule has 0 aliphatic heterocycles. The summed E-state index contributed by atoms with van der Waals surface area (Å²) in [6.45, 7) is 1.25. The summed E-state index contributed by atoms with van der Waals surface area (Å²) < 4.78 is 12.9. The highest BCUT2D eigenvalue weighted by Crippen LogP contribution is 2.35. The summed E-state index contributed by atoms with van der Waals surface area (Å²) >= 11 is 0. The first-order valence-corrected chi connectivity index (χ1v) is 4.50. The van der Waals surface area contributed by atoms with Gasteiger partial charge >= 0.3 is 0 Å². The topological polar surface area (TPSA) is 77.8 Å². The number of hydrogen-bond donors (Lipinski definition) is 2. The van der Waals surface area contributed by atoms with E-state index in [2.05, 4.69) is 15.2 Å². The Bertz CT molecular complexity index is 589. The number of nitrogens with one attached hydrogen (secondary N) is 1. The minimum atomic E-state index is -0.476. The maximum Gasteiger partial charge on any atom is 0.261 e. The van der Waals surface area contributed by atoms with Crippen LogP contribution in [0.5, 0.6) is 5.88 Å². The number of carbonyl (C=O) groups excluding carboxylic acids is 1. The Balaban J connectivity index is 2.60. The lowest BCUT2D eigenvalue weighted by atomic mass is 10.2. The molecule has 0 radical (unpaired) electrons. The average Bonchev–Trinajstić information content (AvgIpc) is 2.50. The highest BCUT2D eigenvalue weighted by molar-refractivity contribution is 5.94. The molecule has 1 heterocycles. The van der Waals surface area contributed by atoms with Crippen LogP contribution in [0.1, 0.15) is 6.92 Å². The number of halogens is 1. The smallest absolute Gasteiger partial charge is 0.261 e. The van der Waals surface area contributed by atoms with Crippen molar-refractivity contribution in [2.45, 2.75) is 6.92 Å². The molecule has 6 heteroatoms. The lowest BCUT2D eigenvalue weighted by molar-refractivity contribution is -0.116. The van der Waals surface area contributed by atoms with Gasteiger partial charge in [0.25, 0.3) is 5.91 Å². The lowest BCUT2D eigenvalue weighted by Gasteiger charge is -1.90. The Kier molecular flexibility index (Phi) is 2.40. The van der Waals surface area contributed by atoms with Crippen molar-refractivity contribution in [1.29, 1.82) is 0 Å². The molecular formula is C10H8FN3O2. The lowest BCUT2D eigenvalue weighted by Crippen LogP contribution is -1.77. The van der Waals surface area contributed by atoms with Gasteiger partial charge in [-0.3, -0.25) is 4.79 Å². The number of rotatable bonds is 1. The van der Waals surface area contributed by atoms with Crippen LogP contribution in [0.2, 0.25) is 0 Å². The Morgan fingerprint density at radius 2 is 2.25 bits per heavy atom. The van der Waals surface area contributed by atoms with Crippen molar-refractivity contribution in [2.75, 3.05) is 0 Å². The zero-order valence-corrected chi connectivity index (χ0v) is 8.36. The van der Waals surface area contributed by atoms with Crippen LogP contribution in [0.4, 0.5) is 10.1 Å². The molecule has 1 aromatic carbocycles. The zero-order valence-electron chi connectivity index (χ0n) is 8.36. The minimum absolute atomic E-state index is 0.130. The van der Waals surface area contributed by atoms with Crippen LogP contribution in [0.15, 0.2) is 28.4 Å². The van der Waals surface area contributed by atoms with Gasteiger partial charge in [-0.1, -0.05) is 0 Å². The van der Waals surface area contributed by atoms with Crippen LogP contribution in [0.25, 0.3) is 10.9 Å². The first-order valence-electron chi connectivity index (χ1n) is 4.50. The summed E-state index contributed by atoms with van der Waals surface area (Å²) in [4.78, 5) is 13.2. The van der Waals surface area contributed by atoms with Gasteiger partial charge in [-0.2, -0.15) is 0 Å². The van der Waals surface area contributed by atoms with Gasteiger partial charge in [-0.15, -0.1) is 10.2 Å². The van der Waals surface area contributed by atoms with Gasteiger partial charge in [0, 0.05) is 12.3 Å². The molecule has 0 saturated carbocycles. The summed E-state index contributed by atoms with van der Waals surface area (Å²) in [6.07, 6.45) is 0. The summed E-state index contributed by atoms with van der Waals surface area (Å²) in [7, 11) is 0. The number of azo groups is 1. The van der Waals surface area contributed by atoms with E-state index in [4.69, 9.17) is 0 Å². The molecule has 0 aliphatic carbocycles. The maximum atomic E-state index is 12.9. The number of aromatic hydroxyl groups is 1. The molecule has 16 heavy (non-hydrogen) atoms. The second-order valence-corrected chi connectivity index (χ2v) is 3.23. The van der Waals surface area contributed by atoms with Gasteiger partial charge in [-0.25, -0.2) is 4.39 Å². The number of H-pyrrole nitrogens is 1. The molecular weight excluding hydrogens is 213 g/mol. The van der Waals surface area contributed by atoms with Crippen molar-refractivity contribution in [3.8, 4) is 5.88 Å². The van der Waals surface area contributed by atoms with E-state index in [1.807, 2.05) is 0 Å². The number of hydrogen-bond acceptors (Lipinski definition) is 3. The van der Waals surface area contributed by atoms with Gasteiger partial charge < -0.3 is 10.1 Å². The molecule has 2 aromatic rings. The van der Waals surface area contributed by atoms with Crippen LogP contribution in [0, 0.1) is 5.82 Å². The van der Waals surface area contributed by atoms with Crippen LogP contribution < -0.4 is 0 Å². The van der Waals surface area contributed by atoms with Crippen LogP contribution in [0.3, 0.4) is 0 Å². The highest BCUT2D eigenvalue weighted by atomic mass is 19.1. The number of carbonyl (C=O) groups is 1. The van der Waals surface area contributed by atoms with Gasteiger partial charge in [0.1, 0.15) is 5.82 Å². The molecule has 0 saturated heterocycles. The number of aromatic amines is 1. The molecule has 2 N–H and O–H groups in total. The van der Waals surface area contributed by atoms with Gasteiger partial charge in [0.15, 0.2) is 5.69 Å². The molecule has 5 nitrogen and oxygen atoms in total. The van der Waals surface area contributed by atoms with E-state index in [0.29, 0.717) is 10.9 Å². The van der Waals surface area contributed by atoms with Crippen LogP contribution in [-0.4, -0.2) is 16.0 Å². The van der Waals surface area contributed by atoms with E-state index in [0.717, 1.165) is 0 Å². The SMILES string of the molecule is CC(=O)N=Nc1c(O)[nH]c2cc(F)ccc12. The molecule has 0 fully saturated rings. The summed E-state index contributed by atoms with van der Waals surface area (Å²) in [5.74, 6) is -1.15. The predicted octanol–water partition coefficient (Wildman–Crippen LogP) is 2.64. The van der Waals surface area contributed by atoms with Crippen LogP contribution >= 0.6 is 0 Å². The van der Waals surface area contributed by atoms with Crippen molar-refractivity contribution in [3.63, 3.8) is 0 Å². The fourth-order valence-electron chi connectivity index (χ4n) is 1.36. The van der Waals surface area contributed by atoms with Crippen molar-refractivity contribution in [1.82, 2.24) is 4.98 Å². The van der Waals surface area contributed by atoms with Crippen molar-refractivity contribution < 1.29 is 14.3 Å². The van der Waals surface area contributed by atoms with Crippen LogP contribution in [-0.2, 0) is 4.79 Å². The molecule has 0 bridgehead atoms. The van der Waals surface area contributed by atoms with E-state index in [1.54, 1.807) is 0 Å². The van der Waals surface area contributed by atoms with E-state index in [-0.39, 0.29) is 11.6 Å². The molecule has 0 unspecified atom stereocenters. The number of amides is 1. The van der Waals surface area contributed by atoms with E-state index >= 15 is 0 Å². The first kappa shape index (κ1) is 10.3. The van der Waals surface area contributed by atoms with Crippen molar-refractivity contribution >= 4 is 22.5 Å². The molecule has 1 aromatic heterocycles. The third-order valence-corrected chi connectivity index (χ3v) is 2.00. The van der Waals surface area contributed by atoms with Crippen molar-refractivity contribution in [3.05, 3.63) is 24.0 Å². The van der Waals surface area contributed by atoms with E-state index < -0.39 is 11.7 Å². The first-order chi connectivity index (χ1) is 7.58. The largest absolute Gasteiger partial charge is 0.493 e. The second-order valence-electron chi connectivity index (χ2n) is 3.23. The molecule has 0 atom stereocenters. The fourth-order valence-corrected chi connectivity index (χ4v) is 1.36. The fraction of sp³-hybridized carbons (Fsp3) is 0.100. The quantitative estimate of drug-likeness (QED) is 0.726. The van der Waals surface area contributed by atoms with Gasteiger partial charge in [0.05, 0.1) is 5.52 Å². The molecule has 0 spiro atoms. The third-order valence-electron chi connectivity index (χ3n) is 2.00. The molecule has 0 aliphatic rings. The van der Waals surface area contributed by atoms with Gasteiger partial charge in [0.2, 0.25) is 5.88 Å². The monoisotopic (exact) mass is 221 g/mol.